The van der Waals surface area contributed by atoms with E-state index >= 15 is 0 Å². The monoisotopic (exact) mass is 470 g/mol. The molecule has 2 aromatic rings. The summed E-state index contributed by atoms with van der Waals surface area (Å²) in [5.74, 6) is 0.524. The van der Waals surface area contributed by atoms with Crippen molar-refractivity contribution in [3.05, 3.63) is 50.2 Å². The summed E-state index contributed by atoms with van der Waals surface area (Å²) in [6.45, 7) is 0. The van der Waals surface area contributed by atoms with Crippen LogP contribution in [-0.4, -0.2) is 61.7 Å². The Morgan fingerprint density at radius 3 is 1.50 bits per heavy atom. The predicted molar refractivity (Wildman–Crippen MR) is 123 cm³/mol. The topological polar surface area (TPSA) is 98.8 Å². The zero-order valence-corrected chi connectivity index (χ0v) is 20.1. The van der Waals surface area contributed by atoms with Crippen LogP contribution >= 0.6 is 0 Å². The van der Waals surface area contributed by atoms with Gasteiger partial charge in [-0.3, -0.25) is 0 Å². The molecule has 0 bridgehead atoms. The van der Waals surface area contributed by atoms with Crippen LogP contribution in [0.25, 0.3) is 12.2 Å². The largest absolute Gasteiger partial charge is 0.493 e. The molecule has 0 aromatic heterocycles. The zero-order chi connectivity index (χ0) is 25.0. The van der Waals surface area contributed by atoms with E-state index in [1.807, 2.05) is 0 Å². The Hall–Kier alpha value is -4.14. The summed E-state index contributed by atoms with van der Waals surface area (Å²) in [6.07, 6.45) is 3.05. The standard InChI is InChI=1S/C25H26O9/c1-28-18-10-13-8-16(24(26)33-6)17(25(27)34-7)9-14-11-20(30-3)22(31-4)23(32-5)21(14)15(13)12-19(18)29-2/h8-12H,1-7H3/b13-8-,14-9-,16-8?,17-9?,17-16-,21-15+. The van der Waals surface area contributed by atoms with Gasteiger partial charge in [0.25, 0.3) is 0 Å². The van der Waals surface area contributed by atoms with Crippen LogP contribution in [-0.2, 0) is 19.1 Å². The lowest BCUT2D eigenvalue weighted by Gasteiger charge is -2.16. The smallest absolute Gasteiger partial charge is 0.338 e. The molecule has 1 aliphatic carbocycles. The van der Waals surface area contributed by atoms with Gasteiger partial charge < -0.3 is 33.2 Å². The highest BCUT2D eigenvalue weighted by molar-refractivity contribution is 6.11. The maximum Gasteiger partial charge on any atom is 0.338 e. The second-order valence-electron chi connectivity index (χ2n) is 7.00. The van der Waals surface area contributed by atoms with Gasteiger partial charge in [0.1, 0.15) is 0 Å². The van der Waals surface area contributed by atoms with Crippen LogP contribution in [0.4, 0.5) is 0 Å². The molecule has 180 valence electrons. The third kappa shape index (κ3) is 4.12. The van der Waals surface area contributed by atoms with E-state index in [1.54, 1.807) is 18.2 Å². The number of ether oxygens (including phenoxy) is 7. The number of carbonyl (C=O) groups is 2. The van der Waals surface area contributed by atoms with Crippen molar-refractivity contribution in [3.8, 4) is 28.7 Å². The molecule has 0 atom stereocenters. The fourth-order valence-electron chi connectivity index (χ4n) is 3.82. The van der Waals surface area contributed by atoms with E-state index in [0.29, 0.717) is 49.6 Å². The van der Waals surface area contributed by atoms with Gasteiger partial charge in [-0.15, -0.1) is 0 Å². The Bertz CT molecular complexity index is 1390. The molecule has 0 amide bonds. The molecule has 0 saturated carbocycles. The highest BCUT2D eigenvalue weighted by Crippen LogP contribution is 2.37. The lowest BCUT2D eigenvalue weighted by molar-refractivity contribution is -0.138. The summed E-state index contributed by atoms with van der Waals surface area (Å²) in [7, 11) is 9.96. The van der Waals surface area contributed by atoms with Gasteiger partial charge in [0.05, 0.1) is 60.9 Å². The summed E-state index contributed by atoms with van der Waals surface area (Å²) < 4.78 is 37.7. The fourth-order valence-corrected chi connectivity index (χ4v) is 3.82. The molecule has 9 nitrogen and oxygen atoms in total. The fraction of sp³-hybridized carbons (Fsp3) is 0.280. The Morgan fingerprint density at radius 1 is 0.559 bits per heavy atom. The van der Waals surface area contributed by atoms with E-state index in [1.165, 1.54) is 61.9 Å². The Kier molecular flexibility index (Phi) is 7.35. The Labute approximate surface area is 196 Å². The quantitative estimate of drug-likeness (QED) is 0.554. The van der Waals surface area contributed by atoms with Gasteiger partial charge in [-0.05, 0) is 46.0 Å². The third-order valence-corrected chi connectivity index (χ3v) is 5.39. The highest BCUT2D eigenvalue weighted by Gasteiger charge is 2.23. The average molecular weight is 470 g/mol. The Morgan fingerprint density at radius 2 is 1.03 bits per heavy atom. The van der Waals surface area contributed by atoms with E-state index in [9.17, 15) is 9.59 Å². The molecule has 3 rings (SSSR count). The number of benzene rings is 2. The van der Waals surface area contributed by atoms with E-state index < -0.39 is 11.9 Å². The lowest BCUT2D eigenvalue weighted by Crippen LogP contribution is -2.21. The van der Waals surface area contributed by atoms with Gasteiger partial charge in [-0.25, -0.2) is 9.59 Å². The number of rotatable bonds is 7. The van der Waals surface area contributed by atoms with E-state index in [4.69, 9.17) is 33.2 Å². The summed E-state index contributed by atoms with van der Waals surface area (Å²) in [5, 5.41) is 2.27. The summed E-state index contributed by atoms with van der Waals surface area (Å²) in [4.78, 5) is 25.5. The van der Waals surface area contributed by atoms with Crippen molar-refractivity contribution in [1.82, 2.24) is 0 Å². The second-order valence-corrected chi connectivity index (χ2v) is 7.00. The maximum absolute atomic E-state index is 12.8. The molecule has 0 heterocycles. The normalized spacial score (nSPS) is 17.1. The van der Waals surface area contributed by atoms with Crippen LogP contribution in [0.2, 0.25) is 0 Å². The van der Waals surface area contributed by atoms with Crippen LogP contribution in [0.15, 0.2) is 29.3 Å². The van der Waals surface area contributed by atoms with Gasteiger partial charge >= 0.3 is 11.9 Å². The van der Waals surface area contributed by atoms with Crippen LogP contribution in [0.1, 0.15) is 0 Å². The number of fused-ring (bicyclic) bond motifs is 2. The first-order valence-electron chi connectivity index (χ1n) is 10.1. The van der Waals surface area contributed by atoms with Crippen molar-refractivity contribution in [1.29, 1.82) is 0 Å². The predicted octanol–water partition coefficient (Wildman–Crippen LogP) is 1.23. The lowest BCUT2D eigenvalue weighted by atomic mass is 9.98. The van der Waals surface area contributed by atoms with Crippen molar-refractivity contribution in [2.75, 3.05) is 49.8 Å². The van der Waals surface area contributed by atoms with E-state index in [2.05, 4.69) is 0 Å². The maximum atomic E-state index is 12.8. The molecule has 0 radical (unpaired) electrons. The van der Waals surface area contributed by atoms with Gasteiger partial charge in [0.2, 0.25) is 5.75 Å². The van der Waals surface area contributed by atoms with Crippen molar-refractivity contribution < 1.29 is 42.7 Å². The SMILES string of the molecule is COC(=O)C1=C(C(=O)OC)/C=c2/cc(OC)c(OC)c(OC)/c2=c2\cc(OC)c(OC)c\c2=C\1. The molecule has 0 saturated heterocycles. The van der Waals surface area contributed by atoms with E-state index in [-0.39, 0.29) is 11.1 Å². The van der Waals surface area contributed by atoms with Crippen molar-refractivity contribution in [2.45, 2.75) is 0 Å². The molecule has 0 unspecified atom stereocenters. The molecular weight excluding hydrogens is 444 g/mol. The van der Waals surface area contributed by atoms with Gasteiger partial charge in [0.15, 0.2) is 23.0 Å². The first-order valence-corrected chi connectivity index (χ1v) is 10.1. The van der Waals surface area contributed by atoms with Crippen molar-refractivity contribution >= 4 is 24.1 Å². The van der Waals surface area contributed by atoms with Crippen LogP contribution in [0.5, 0.6) is 28.7 Å². The van der Waals surface area contributed by atoms with Gasteiger partial charge in [-0.1, -0.05) is 0 Å². The Balaban J connectivity index is 2.80. The minimum Gasteiger partial charge on any atom is -0.493 e. The second kappa shape index (κ2) is 10.2. The summed E-state index contributed by atoms with van der Waals surface area (Å²) >= 11 is 0. The minimum atomic E-state index is -0.722. The molecule has 0 spiro atoms. The number of esters is 2. The van der Waals surface area contributed by atoms with Gasteiger partial charge in [-0.2, -0.15) is 0 Å². The minimum absolute atomic E-state index is 0.00206. The number of carbonyl (C=O) groups excluding carboxylic acids is 2. The van der Waals surface area contributed by atoms with Crippen molar-refractivity contribution in [3.63, 3.8) is 0 Å². The molecular formula is C25H26O9. The first-order chi connectivity index (χ1) is 16.4. The molecule has 1 aliphatic rings. The number of hydrogen-bond acceptors (Lipinski definition) is 9. The molecule has 2 aromatic carbocycles. The van der Waals surface area contributed by atoms with Crippen LogP contribution in [0, 0.1) is 10.4 Å². The summed E-state index contributed by atoms with van der Waals surface area (Å²) in [5.41, 5.74) is -0.00692. The highest BCUT2D eigenvalue weighted by atomic mass is 16.5. The number of methoxy groups -OCH3 is 7. The molecule has 9 heteroatoms. The third-order valence-electron chi connectivity index (χ3n) is 5.39. The molecule has 0 aliphatic heterocycles. The first kappa shape index (κ1) is 24.5. The molecule has 0 N–H and O–H groups in total. The average Bonchev–Trinajstić information content (AvgIpc) is 2.87. The van der Waals surface area contributed by atoms with Gasteiger partial charge in [0, 0.05) is 5.22 Å². The van der Waals surface area contributed by atoms with Crippen molar-refractivity contribution in [2.24, 2.45) is 0 Å². The summed E-state index contributed by atoms with van der Waals surface area (Å²) in [6, 6.07) is 5.13. The molecule has 0 fully saturated rings. The van der Waals surface area contributed by atoms with E-state index in [0.717, 1.165) is 0 Å². The number of hydrogen-bond donors (Lipinski definition) is 0. The molecule has 34 heavy (non-hydrogen) atoms. The van der Waals surface area contributed by atoms with Crippen LogP contribution in [0.3, 0.4) is 0 Å². The zero-order valence-electron chi connectivity index (χ0n) is 20.1. The van der Waals surface area contributed by atoms with Crippen LogP contribution < -0.4 is 34.1 Å².